The summed E-state index contributed by atoms with van der Waals surface area (Å²) in [4.78, 5) is 10.9. The predicted molar refractivity (Wildman–Crippen MR) is 63.4 cm³/mol. The predicted octanol–water partition coefficient (Wildman–Crippen LogP) is 2.34. The Bertz CT molecular complexity index is 342. The van der Waals surface area contributed by atoms with E-state index in [1.165, 1.54) is 0 Å². The van der Waals surface area contributed by atoms with Crippen LogP contribution in [0, 0.1) is 11.8 Å². The van der Waals surface area contributed by atoms with Gasteiger partial charge >= 0.3 is 0 Å². The van der Waals surface area contributed by atoms with Gasteiger partial charge in [0.05, 0.1) is 5.69 Å². The molecule has 16 heavy (non-hydrogen) atoms. The van der Waals surface area contributed by atoms with Gasteiger partial charge in [-0.05, 0) is 24.7 Å². The van der Waals surface area contributed by atoms with E-state index < -0.39 is 0 Å². The lowest BCUT2D eigenvalue weighted by molar-refractivity contribution is 0.111. The Morgan fingerprint density at radius 3 is 2.44 bits per heavy atom. The fourth-order valence-electron chi connectivity index (χ4n) is 1.61. The molecule has 0 bridgehead atoms. The smallest absolute Gasteiger partial charge is 0.172 e. The summed E-state index contributed by atoms with van der Waals surface area (Å²) in [6.07, 6.45) is 2.75. The third-order valence-electron chi connectivity index (χ3n) is 2.48. The molecule has 0 aliphatic rings. The van der Waals surface area contributed by atoms with Gasteiger partial charge in [0.15, 0.2) is 6.29 Å². The van der Waals surface area contributed by atoms with Crippen LogP contribution in [0.4, 0.5) is 0 Å². The molecular weight excluding hydrogens is 202 g/mol. The van der Waals surface area contributed by atoms with Crippen LogP contribution in [0.25, 0.3) is 0 Å². The summed E-state index contributed by atoms with van der Waals surface area (Å²) < 4.78 is 1.87. The quantitative estimate of drug-likeness (QED) is 0.695. The summed E-state index contributed by atoms with van der Waals surface area (Å²) >= 11 is 0. The lowest BCUT2D eigenvalue weighted by Gasteiger charge is -2.10. The molecule has 4 nitrogen and oxygen atoms in total. The number of rotatable bonds is 6. The SMILES string of the molecule is CC(C)CCc1c(C=O)nnn1CC(C)C. The Kier molecular flexibility index (Phi) is 4.65. The summed E-state index contributed by atoms with van der Waals surface area (Å²) in [6.45, 7) is 9.45. The molecule has 0 fully saturated rings. The fourth-order valence-corrected chi connectivity index (χ4v) is 1.61. The van der Waals surface area contributed by atoms with Crippen molar-refractivity contribution in [3.63, 3.8) is 0 Å². The molecule has 1 aromatic heterocycles. The van der Waals surface area contributed by atoms with E-state index >= 15 is 0 Å². The monoisotopic (exact) mass is 223 g/mol. The molecule has 0 aromatic carbocycles. The highest BCUT2D eigenvalue weighted by Gasteiger charge is 2.13. The normalized spacial score (nSPS) is 11.4. The Balaban J connectivity index is 2.83. The molecule has 0 N–H and O–H groups in total. The van der Waals surface area contributed by atoms with E-state index in [-0.39, 0.29) is 0 Å². The molecule has 4 heteroatoms. The second-order valence-corrected chi connectivity index (χ2v) is 5.05. The maximum Gasteiger partial charge on any atom is 0.172 e. The molecule has 0 aliphatic carbocycles. The van der Waals surface area contributed by atoms with Crippen molar-refractivity contribution in [1.82, 2.24) is 15.0 Å². The van der Waals surface area contributed by atoms with E-state index in [2.05, 4.69) is 38.0 Å². The zero-order valence-electron chi connectivity index (χ0n) is 10.6. The summed E-state index contributed by atoms with van der Waals surface area (Å²) in [5.41, 5.74) is 1.48. The van der Waals surface area contributed by atoms with Gasteiger partial charge in [0.25, 0.3) is 0 Å². The van der Waals surface area contributed by atoms with Gasteiger partial charge in [-0.1, -0.05) is 32.9 Å². The topological polar surface area (TPSA) is 47.8 Å². The first kappa shape index (κ1) is 12.9. The largest absolute Gasteiger partial charge is 0.296 e. The molecule has 1 aromatic rings. The van der Waals surface area contributed by atoms with Crippen LogP contribution in [0.15, 0.2) is 0 Å². The third kappa shape index (κ3) is 3.43. The van der Waals surface area contributed by atoms with Crippen molar-refractivity contribution in [2.45, 2.75) is 47.1 Å². The van der Waals surface area contributed by atoms with Crippen LogP contribution < -0.4 is 0 Å². The number of nitrogens with zero attached hydrogens (tertiary/aromatic N) is 3. The maximum atomic E-state index is 10.9. The molecule has 0 radical (unpaired) electrons. The number of aldehydes is 1. The lowest BCUT2D eigenvalue weighted by Crippen LogP contribution is -2.11. The van der Waals surface area contributed by atoms with E-state index in [0.717, 1.165) is 31.4 Å². The van der Waals surface area contributed by atoms with Crippen molar-refractivity contribution in [2.24, 2.45) is 11.8 Å². The lowest BCUT2D eigenvalue weighted by atomic mass is 10.1. The number of carbonyl (C=O) groups is 1. The average Bonchev–Trinajstić information content (AvgIpc) is 2.56. The van der Waals surface area contributed by atoms with Crippen LogP contribution in [0.2, 0.25) is 0 Å². The van der Waals surface area contributed by atoms with E-state index in [9.17, 15) is 4.79 Å². The molecule has 0 saturated heterocycles. The van der Waals surface area contributed by atoms with E-state index in [1.807, 2.05) is 4.68 Å². The standard InChI is InChI=1S/C12H21N3O/c1-9(2)5-6-12-11(8-16)13-14-15(12)7-10(3)4/h8-10H,5-7H2,1-4H3. The van der Waals surface area contributed by atoms with Crippen LogP contribution in [0.3, 0.4) is 0 Å². The van der Waals surface area contributed by atoms with Crippen molar-refractivity contribution in [3.8, 4) is 0 Å². The van der Waals surface area contributed by atoms with Crippen molar-refractivity contribution in [2.75, 3.05) is 0 Å². The van der Waals surface area contributed by atoms with Crippen molar-refractivity contribution >= 4 is 6.29 Å². The first-order valence-corrected chi connectivity index (χ1v) is 5.92. The maximum absolute atomic E-state index is 10.9. The molecule has 0 spiro atoms. The van der Waals surface area contributed by atoms with Gasteiger partial charge in [-0.25, -0.2) is 4.68 Å². The molecule has 0 saturated carbocycles. The molecule has 1 rings (SSSR count). The molecule has 1 heterocycles. The van der Waals surface area contributed by atoms with Crippen molar-refractivity contribution in [3.05, 3.63) is 11.4 Å². The number of carbonyl (C=O) groups excluding carboxylic acids is 1. The van der Waals surface area contributed by atoms with Gasteiger partial charge < -0.3 is 0 Å². The first-order chi connectivity index (χ1) is 7.54. The van der Waals surface area contributed by atoms with Crippen LogP contribution in [-0.4, -0.2) is 21.3 Å². The highest BCUT2D eigenvalue weighted by molar-refractivity contribution is 5.73. The van der Waals surface area contributed by atoms with Crippen LogP contribution in [0.5, 0.6) is 0 Å². The molecule has 0 atom stereocenters. The Morgan fingerprint density at radius 1 is 1.25 bits per heavy atom. The number of hydrogen-bond acceptors (Lipinski definition) is 3. The highest BCUT2D eigenvalue weighted by Crippen LogP contribution is 2.12. The summed E-state index contributed by atoms with van der Waals surface area (Å²) in [5.74, 6) is 1.14. The zero-order chi connectivity index (χ0) is 12.1. The number of aromatic nitrogens is 3. The van der Waals surface area contributed by atoms with Crippen LogP contribution in [-0.2, 0) is 13.0 Å². The molecule has 90 valence electrons. The van der Waals surface area contributed by atoms with Crippen LogP contribution >= 0.6 is 0 Å². The summed E-state index contributed by atoms with van der Waals surface area (Å²) in [5, 5.41) is 7.95. The zero-order valence-corrected chi connectivity index (χ0v) is 10.6. The summed E-state index contributed by atoms with van der Waals surface area (Å²) in [6, 6.07) is 0. The minimum atomic E-state index is 0.501. The van der Waals surface area contributed by atoms with Gasteiger partial charge in [-0.15, -0.1) is 5.10 Å². The number of hydrogen-bond donors (Lipinski definition) is 0. The molecule has 0 amide bonds. The van der Waals surface area contributed by atoms with Crippen LogP contribution in [0.1, 0.15) is 50.3 Å². The minimum absolute atomic E-state index is 0.501. The van der Waals surface area contributed by atoms with Gasteiger partial charge in [0.2, 0.25) is 0 Å². The summed E-state index contributed by atoms with van der Waals surface area (Å²) in [7, 11) is 0. The van der Waals surface area contributed by atoms with E-state index in [0.29, 0.717) is 17.5 Å². The fraction of sp³-hybridized carbons (Fsp3) is 0.750. The second kappa shape index (κ2) is 5.77. The molecule has 0 aliphatic heterocycles. The van der Waals surface area contributed by atoms with Gasteiger partial charge in [-0.2, -0.15) is 0 Å². The highest BCUT2D eigenvalue weighted by atomic mass is 16.1. The Hall–Kier alpha value is -1.19. The first-order valence-electron chi connectivity index (χ1n) is 5.92. The average molecular weight is 223 g/mol. The van der Waals surface area contributed by atoms with Crippen molar-refractivity contribution in [1.29, 1.82) is 0 Å². The van der Waals surface area contributed by atoms with E-state index in [1.54, 1.807) is 0 Å². The Labute approximate surface area is 97.0 Å². The molecular formula is C12H21N3O. The third-order valence-corrected chi connectivity index (χ3v) is 2.48. The van der Waals surface area contributed by atoms with Crippen molar-refractivity contribution < 1.29 is 4.79 Å². The van der Waals surface area contributed by atoms with Gasteiger partial charge in [0, 0.05) is 6.54 Å². The minimum Gasteiger partial charge on any atom is -0.296 e. The van der Waals surface area contributed by atoms with Gasteiger partial charge in [0.1, 0.15) is 5.69 Å². The second-order valence-electron chi connectivity index (χ2n) is 5.05. The Morgan fingerprint density at radius 2 is 1.94 bits per heavy atom. The van der Waals surface area contributed by atoms with E-state index in [4.69, 9.17) is 0 Å². The molecule has 0 unspecified atom stereocenters. The van der Waals surface area contributed by atoms with Gasteiger partial charge in [-0.3, -0.25) is 4.79 Å².